The first-order valence-corrected chi connectivity index (χ1v) is 3.84. The molecule has 0 aliphatic carbocycles. The average molecular weight is 188 g/mol. The maximum Gasteiger partial charge on any atom is 0.313 e. The van der Waals surface area contributed by atoms with Gasteiger partial charge in [-0.05, 0) is 6.92 Å². The van der Waals surface area contributed by atoms with Crippen molar-refractivity contribution in [2.75, 3.05) is 13.7 Å². The largest absolute Gasteiger partial charge is 0.469 e. The highest BCUT2D eigenvalue weighted by Gasteiger charge is 2.14. The lowest BCUT2D eigenvalue weighted by Gasteiger charge is -2.00. The lowest BCUT2D eigenvalue weighted by Crippen LogP contribution is -2.15. The first-order valence-electron chi connectivity index (χ1n) is 3.84. The molecule has 0 aromatic carbocycles. The summed E-state index contributed by atoms with van der Waals surface area (Å²) in [6, 6.07) is 0. The minimum Gasteiger partial charge on any atom is -0.469 e. The van der Waals surface area contributed by atoms with Crippen molar-refractivity contribution < 1.29 is 23.9 Å². The van der Waals surface area contributed by atoms with Crippen LogP contribution in [0.5, 0.6) is 0 Å². The molecular weight excluding hydrogens is 176 g/mol. The van der Waals surface area contributed by atoms with Gasteiger partial charge >= 0.3 is 11.9 Å². The summed E-state index contributed by atoms with van der Waals surface area (Å²) in [4.78, 5) is 32.2. The predicted octanol–water partition coefficient (Wildman–Crippen LogP) is 0.0718. The zero-order valence-corrected chi connectivity index (χ0v) is 7.66. The first kappa shape index (κ1) is 11.6. The van der Waals surface area contributed by atoms with E-state index in [1.165, 1.54) is 7.11 Å². The standard InChI is InChI=1S/C8H12O5/c1-3-13-8(11)5-6(9)4-7(10)12-2/h3-5H2,1-2H3. The number of hydrogen-bond acceptors (Lipinski definition) is 5. The van der Waals surface area contributed by atoms with E-state index in [0.717, 1.165) is 0 Å². The normalized spacial score (nSPS) is 9.08. The quantitative estimate of drug-likeness (QED) is 0.451. The van der Waals surface area contributed by atoms with Crippen LogP contribution in [-0.2, 0) is 23.9 Å². The lowest BCUT2D eigenvalue weighted by atomic mass is 10.2. The van der Waals surface area contributed by atoms with Crippen LogP contribution in [0.4, 0.5) is 0 Å². The second-order valence-electron chi connectivity index (χ2n) is 2.27. The molecule has 0 aromatic rings. The van der Waals surface area contributed by atoms with Crippen LogP contribution in [-0.4, -0.2) is 31.4 Å². The molecule has 0 N–H and O–H groups in total. The van der Waals surface area contributed by atoms with Crippen molar-refractivity contribution in [2.45, 2.75) is 19.8 Å². The Morgan fingerprint density at radius 1 is 1.08 bits per heavy atom. The van der Waals surface area contributed by atoms with Crippen molar-refractivity contribution in [3.8, 4) is 0 Å². The van der Waals surface area contributed by atoms with Crippen LogP contribution in [0.3, 0.4) is 0 Å². The van der Waals surface area contributed by atoms with E-state index in [1.807, 2.05) is 0 Å². The topological polar surface area (TPSA) is 69.7 Å². The van der Waals surface area contributed by atoms with Gasteiger partial charge in [0.15, 0.2) is 5.78 Å². The van der Waals surface area contributed by atoms with E-state index >= 15 is 0 Å². The molecule has 0 atom stereocenters. The first-order chi connectivity index (χ1) is 6.10. The Balaban J connectivity index is 3.74. The number of methoxy groups -OCH3 is 1. The van der Waals surface area contributed by atoms with Crippen molar-refractivity contribution in [1.82, 2.24) is 0 Å². The van der Waals surface area contributed by atoms with Gasteiger partial charge in [0.25, 0.3) is 0 Å². The third kappa shape index (κ3) is 5.84. The van der Waals surface area contributed by atoms with Gasteiger partial charge in [0, 0.05) is 0 Å². The number of Topliss-reactive ketones (excluding diaryl/α,β-unsaturated/α-hetero) is 1. The second kappa shape index (κ2) is 6.16. The molecular formula is C8H12O5. The monoisotopic (exact) mass is 188 g/mol. The predicted molar refractivity (Wildman–Crippen MR) is 42.9 cm³/mol. The maximum atomic E-state index is 10.9. The third-order valence-electron chi connectivity index (χ3n) is 1.22. The van der Waals surface area contributed by atoms with Gasteiger partial charge in [-0.1, -0.05) is 0 Å². The Labute approximate surface area is 76.0 Å². The summed E-state index contributed by atoms with van der Waals surface area (Å²) in [7, 11) is 1.18. The Bertz CT molecular complexity index is 209. The molecule has 0 radical (unpaired) electrons. The molecule has 74 valence electrons. The van der Waals surface area contributed by atoms with E-state index in [9.17, 15) is 14.4 Å². The number of esters is 2. The van der Waals surface area contributed by atoms with Crippen LogP contribution in [0.25, 0.3) is 0 Å². The average Bonchev–Trinajstić information content (AvgIpc) is 2.04. The summed E-state index contributed by atoms with van der Waals surface area (Å²) in [5.41, 5.74) is 0. The highest BCUT2D eigenvalue weighted by Crippen LogP contribution is 1.94. The SMILES string of the molecule is CCOC(=O)CC(=O)CC(=O)OC. The van der Waals surface area contributed by atoms with E-state index < -0.39 is 17.7 Å². The molecule has 0 saturated carbocycles. The van der Waals surface area contributed by atoms with Crippen LogP contribution in [0, 0.1) is 0 Å². The van der Waals surface area contributed by atoms with Crippen molar-refractivity contribution in [1.29, 1.82) is 0 Å². The second-order valence-corrected chi connectivity index (χ2v) is 2.27. The van der Waals surface area contributed by atoms with Gasteiger partial charge in [-0.2, -0.15) is 0 Å². The third-order valence-corrected chi connectivity index (χ3v) is 1.22. The van der Waals surface area contributed by atoms with E-state index in [0.29, 0.717) is 0 Å². The highest BCUT2D eigenvalue weighted by atomic mass is 16.5. The molecule has 0 aliphatic heterocycles. The van der Waals surface area contributed by atoms with E-state index in [4.69, 9.17) is 0 Å². The van der Waals surface area contributed by atoms with Crippen molar-refractivity contribution >= 4 is 17.7 Å². The zero-order valence-electron chi connectivity index (χ0n) is 7.66. The molecule has 0 amide bonds. The van der Waals surface area contributed by atoms with Crippen LogP contribution in [0.15, 0.2) is 0 Å². The summed E-state index contributed by atoms with van der Waals surface area (Å²) in [5, 5.41) is 0. The van der Waals surface area contributed by atoms with Gasteiger partial charge < -0.3 is 9.47 Å². The molecule has 0 aromatic heterocycles. The number of carbonyl (C=O) groups is 3. The Morgan fingerprint density at radius 2 is 1.62 bits per heavy atom. The van der Waals surface area contributed by atoms with E-state index in [-0.39, 0.29) is 19.4 Å². The molecule has 0 fully saturated rings. The molecule has 0 bridgehead atoms. The summed E-state index contributed by atoms with van der Waals surface area (Å²) in [6.45, 7) is 1.87. The zero-order chi connectivity index (χ0) is 10.3. The van der Waals surface area contributed by atoms with Crippen LogP contribution in [0.1, 0.15) is 19.8 Å². The van der Waals surface area contributed by atoms with Crippen LogP contribution >= 0.6 is 0 Å². The molecule has 0 aliphatic rings. The fraction of sp³-hybridized carbons (Fsp3) is 0.625. The molecule has 0 unspecified atom stereocenters. The number of rotatable bonds is 5. The number of carbonyl (C=O) groups excluding carboxylic acids is 3. The summed E-state index contributed by atoms with van der Waals surface area (Å²) >= 11 is 0. The molecule has 5 nitrogen and oxygen atoms in total. The number of ketones is 1. The highest BCUT2D eigenvalue weighted by molar-refractivity contribution is 6.03. The van der Waals surface area contributed by atoms with Gasteiger partial charge in [0.05, 0.1) is 13.7 Å². The summed E-state index contributed by atoms with van der Waals surface area (Å²) in [5.74, 6) is -1.75. The maximum absolute atomic E-state index is 10.9. The van der Waals surface area contributed by atoms with E-state index in [1.54, 1.807) is 6.92 Å². The Morgan fingerprint density at radius 3 is 2.08 bits per heavy atom. The van der Waals surface area contributed by atoms with Gasteiger partial charge in [0.2, 0.25) is 0 Å². The van der Waals surface area contributed by atoms with Gasteiger partial charge in [-0.3, -0.25) is 14.4 Å². The number of ether oxygens (including phenoxy) is 2. The van der Waals surface area contributed by atoms with E-state index in [2.05, 4.69) is 9.47 Å². The fourth-order valence-corrected chi connectivity index (χ4v) is 0.669. The molecule has 5 heteroatoms. The van der Waals surface area contributed by atoms with Crippen LogP contribution in [0.2, 0.25) is 0 Å². The van der Waals surface area contributed by atoms with Crippen molar-refractivity contribution in [2.24, 2.45) is 0 Å². The molecule has 0 saturated heterocycles. The Hall–Kier alpha value is -1.39. The molecule has 0 spiro atoms. The minimum atomic E-state index is -0.644. The molecule has 0 rings (SSSR count). The van der Waals surface area contributed by atoms with Crippen molar-refractivity contribution in [3.05, 3.63) is 0 Å². The lowest BCUT2D eigenvalue weighted by molar-refractivity contribution is -0.147. The molecule has 13 heavy (non-hydrogen) atoms. The Kier molecular flexibility index (Phi) is 5.50. The number of hydrogen-bond donors (Lipinski definition) is 0. The van der Waals surface area contributed by atoms with Gasteiger partial charge in [-0.25, -0.2) is 0 Å². The fourth-order valence-electron chi connectivity index (χ4n) is 0.669. The van der Waals surface area contributed by atoms with Crippen molar-refractivity contribution in [3.63, 3.8) is 0 Å². The summed E-state index contributed by atoms with van der Waals surface area (Å²) < 4.78 is 8.77. The van der Waals surface area contributed by atoms with Gasteiger partial charge in [0.1, 0.15) is 12.8 Å². The van der Waals surface area contributed by atoms with Crippen LogP contribution < -0.4 is 0 Å². The summed E-state index contributed by atoms with van der Waals surface area (Å²) in [6.07, 6.45) is -0.752. The van der Waals surface area contributed by atoms with Gasteiger partial charge in [-0.15, -0.1) is 0 Å². The smallest absolute Gasteiger partial charge is 0.313 e. The minimum absolute atomic E-state index is 0.227. The molecule has 0 heterocycles.